The Morgan fingerprint density at radius 1 is 1.64 bits per heavy atom. The van der Waals surface area contributed by atoms with Gasteiger partial charge in [-0.1, -0.05) is 0 Å². The van der Waals surface area contributed by atoms with Gasteiger partial charge >= 0.3 is 11.9 Å². The molecule has 14 heavy (non-hydrogen) atoms. The number of rotatable bonds is 1. The van der Waals surface area contributed by atoms with Gasteiger partial charge in [0.25, 0.3) is 0 Å². The second kappa shape index (κ2) is 4.45. The molecule has 0 aromatic carbocycles. The van der Waals surface area contributed by atoms with Crippen molar-refractivity contribution in [2.24, 2.45) is 5.73 Å². The van der Waals surface area contributed by atoms with E-state index in [1.54, 1.807) is 19.1 Å². The van der Waals surface area contributed by atoms with Gasteiger partial charge in [0.2, 0.25) is 0 Å². The van der Waals surface area contributed by atoms with Gasteiger partial charge in [0.15, 0.2) is 0 Å². The molecule has 5 heteroatoms. The van der Waals surface area contributed by atoms with Crippen molar-refractivity contribution in [1.82, 2.24) is 4.90 Å². The summed E-state index contributed by atoms with van der Waals surface area (Å²) in [7, 11) is 0. The van der Waals surface area contributed by atoms with E-state index < -0.39 is 11.9 Å². The summed E-state index contributed by atoms with van der Waals surface area (Å²) < 4.78 is 4.57. The monoisotopic (exact) mass is 196 g/mol. The van der Waals surface area contributed by atoms with E-state index in [4.69, 9.17) is 5.73 Å². The maximum absolute atomic E-state index is 11.4. The maximum Gasteiger partial charge on any atom is 0.397 e. The van der Waals surface area contributed by atoms with Crippen molar-refractivity contribution in [3.8, 4) is 0 Å². The lowest BCUT2D eigenvalue weighted by molar-refractivity contribution is -0.158. The van der Waals surface area contributed by atoms with Gasteiger partial charge in [-0.3, -0.25) is 4.79 Å². The molecule has 0 unspecified atom stereocenters. The fourth-order valence-corrected chi connectivity index (χ4v) is 1.02. The SMILES string of the molecule is CCOC(=O)C(=O)N1C=CC=C(N)C1. The predicted octanol–water partition coefficient (Wildman–Crippen LogP) is -0.252. The van der Waals surface area contributed by atoms with Gasteiger partial charge in [-0.05, 0) is 19.1 Å². The number of hydrogen-bond donors (Lipinski definition) is 1. The molecule has 0 spiro atoms. The Labute approximate surface area is 81.8 Å². The number of hydrogen-bond acceptors (Lipinski definition) is 4. The molecule has 0 bridgehead atoms. The quantitative estimate of drug-likeness (QED) is 0.463. The van der Waals surface area contributed by atoms with Gasteiger partial charge in [-0.2, -0.15) is 0 Å². The Morgan fingerprint density at radius 3 is 2.93 bits per heavy atom. The molecule has 1 amide bonds. The smallest absolute Gasteiger partial charge is 0.397 e. The van der Waals surface area contributed by atoms with Crippen LogP contribution in [-0.4, -0.2) is 29.9 Å². The van der Waals surface area contributed by atoms with Crippen molar-refractivity contribution < 1.29 is 14.3 Å². The fourth-order valence-electron chi connectivity index (χ4n) is 1.02. The normalized spacial score (nSPS) is 14.9. The molecule has 0 saturated carbocycles. The van der Waals surface area contributed by atoms with Crippen LogP contribution in [0, 0.1) is 0 Å². The van der Waals surface area contributed by atoms with Crippen LogP contribution in [0.15, 0.2) is 24.0 Å². The van der Waals surface area contributed by atoms with Crippen LogP contribution in [0.5, 0.6) is 0 Å². The van der Waals surface area contributed by atoms with Crippen LogP contribution < -0.4 is 5.73 Å². The lowest BCUT2D eigenvalue weighted by Crippen LogP contribution is -2.37. The number of nitrogens with two attached hydrogens (primary N) is 1. The molecular weight excluding hydrogens is 184 g/mol. The highest BCUT2D eigenvalue weighted by atomic mass is 16.5. The average molecular weight is 196 g/mol. The third kappa shape index (κ3) is 2.35. The van der Waals surface area contributed by atoms with Crippen LogP contribution in [0.25, 0.3) is 0 Å². The first-order valence-electron chi connectivity index (χ1n) is 4.25. The predicted molar refractivity (Wildman–Crippen MR) is 49.8 cm³/mol. The summed E-state index contributed by atoms with van der Waals surface area (Å²) in [6.45, 7) is 2.06. The molecular formula is C9H12N2O3. The van der Waals surface area contributed by atoms with E-state index in [1.807, 2.05) is 0 Å². The summed E-state index contributed by atoms with van der Waals surface area (Å²) in [5, 5.41) is 0. The second-order valence-electron chi connectivity index (χ2n) is 2.74. The van der Waals surface area contributed by atoms with Crippen LogP contribution in [0.1, 0.15) is 6.92 Å². The van der Waals surface area contributed by atoms with Gasteiger partial charge in [0.05, 0.1) is 13.2 Å². The van der Waals surface area contributed by atoms with Gasteiger partial charge in [-0.15, -0.1) is 0 Å². The molecule has 1 heterocycles. The third-order valence-corrected chi connectivity index (χ3v) is 1.64. The van der Waals surface area contributed by atoms with E-state index in [2.05, 4.69) is 4.74 Å². The molecule has 0 aromatic rings. The minimum absolute atomic E-state index is 0.188. The topological polar surface area (TPSA) is 72.6 Å². The minimum Gasteiger partial charge on any atom is -0.459 e. The first-order chi connectivity index (χ1) is 6.65. The van der Waals surface area contributed by atoms with Gasteiger partial charge in [0.1, 0.15) is 0 Å². The minimum atomic E-state index is -0.855. The molecule has 0 saturated heterocycles. The van der Waals surface area contributed by atoms with Crippen molar-refractivity contribution in [1.29, 1.82) is 0 Å². The zero-order valence-electron chi connectivity index (χ0n) is 7.90. The van der Waals surface area contributed by atoms with E-state index in [0.29, 0.717) is 5.70 Å². The number of carbonyl (C=O) groups is 2. The fraction of sp³-hybridized carbons (Fsp3) is 0.333. The Bertz CT molecular complexity index is 307. The highest BCUT2D eigenvalue weighted by Crippen LogP contribution is 2.03. The molecule has 5 nitrogen and oxygen atoms in total. The maximum atomic E-state index is 11.4. The lowest BCUT2D eigenvalue weighted by Gasteiger charge is -2.19. The first-order valence-corrected chi connectivity index (χ1v) is 4.25. The van der Waals surface area contributed by atoms with Crippen LogP contribution >= 0.6 is 0 Å². The summed E-state index contributed by atoms with van der Waals surface area (Å²) in [6, 6.07) is 0. The van der Waals surface area contributed by atoms with Gasteiger partial charge < -0.3 is 15.4 Å². The second-order valence-corrected chi connectivity index (χ2v) is 2.74. The molecule has 1 rings (SSSR count). The van der Waals surface area contributed by atoms with Gasteiger partial charge in [-0.25, -0.2) is 4.79 Å². The Hall–Kier alpha value is -1.78. The molecule has 1 aliphatic heterocycles. The largest absolute Gasteiger partial charge is 0.459 e. The van der Waals surface area contributed by atoms with Crippen LogP contribution in [0.4, 0.5) is 0 Å². The van der Waals surface area contributed by atoms with Crippen molar-refractivity contribution in [2.45, 2.75) is 6.92 Å². The van der Waals surface area contributed by atoms with Crippen molar-refractivity contribution >= 4 is 11.9 Å². The molecule has 0 radical (unpaired) electrons. The number of ether oxygens (including phenoxy) is 1. The van der Waals surface area contributed by atoms with E-state index in [1.165, 1.54) is 11.1 Å². The Kier molecular flexibility index (Phi) is 3.28. The Morgan fingerprint density at radius 2 is 2.36 bits per heavy atom. The molecule has 1 aliphatic rings. The van der Waals surface area contributed by atoms with Crippen LogP contribution in [-0.2, 0) is 14.3 Å². The van der Waals surface area contributed by atoms with E-state index in [-0.39, 0.29) is 13.2 Å². The molecule has 2 N–H and O–H groups in total. The van der Waals surface area contributed by atoms with Gasteiger partial charge in [0, 0.05) is 11.9 Å². The molecule has 0 aliphatic carbocycles. The summed E-state index contributed by atoms with van der Waals surface area (Å²) in [6.07, 6.45) is 4.78. The van der Waals surface area contributed by atoms with Crippen molar-refractivity contribution in [2.75, 3.05) is 13.2 Å². The highest BCUT2D eigenvalue weighted by molar-refractivity contribution is 6.32. The van der Waals surface area contributed by atoms with E-state index in [9.17, 15) is 9.59 Å². The van der Waals surface area contributed by atoms with E-state index in [0.717, 1.165) is 0 Å². The zero-order valence-corrected chi connectivity index (χ0v) is 7.90. The lowest BCUT2D eigenvalue weighted by atomic mass is 10.3. The summed E-state index contributed by atoms with van der Waals surface area (Å²) in [4.78, 5) is 23.6. The molecule has 0 aromatic heterocycles. The number of amides is 1. The molecule has 76 valence electrons. The van der Waals surface area contributed by atoms with Crippen LogP contribution in [0.2, 0.25) is 0 Å². The van der Waals surface area contributed by atoms with E-state index >= 15 is 0 Å². The Balaban J connectivity index is 2.59. The number of esters is 1. The summed E-state index contributed by atoms with van der Waals surface area (Å²) in [5.41, 5.74) is 6.03. The average Bonchev–Trinajstić information content (AvgIpc) is 2.17. The van der Waals surface area contributed by atoms with Crippen LogP contribution in [0.3, 0.4) is 0 Å². The number of nitrogens with zero attached hydrogens (tertiary/aromatic N) is 1. The van der Waals surface area contributed by atoms with Crippen molar-refractivity contribution in [3.05, 3.63) is 24.0 Å². The first kappa shape index (κ1) is 10.3. The number of carbonyl (C=O) groups excluding carboxylic acids is 2. The highest BCUT2D eigenvalue weighted by Gasteiger charge is 2.22. The summed E-state index contributed by atoms with van der Waals surface area (Å²) >= 11 is 0. The zero-order chi connectivity index (χ0) is 10.6. The number of allylic oxidation sites excluding steroid dienone is 2. The standard InChI is InChI=1S/C9H12N2O3/c1-2-14-9(13)8(12)11-5-3-4-7(10)6-11/h3-5H,2,6,10H2,1H3. The third-order valence-electron chi connectivity index (χ3n) is 1.64. The van der Waals surface area contributed by atoms with Crippen molar-refractivity contribution in [3.63, 3.8) is 0 Å². The summed E-state index contributed by atoms with van der Waals surface area (Å²) in [5.74, 6) is -1.55. The molecule has 0 fully saturated rings. The molecule has 0 atom stereocenters.